The second kappa shape index (κ2) is 7.21. The van der Waals surface area contributed by atoms with E-state index in [4.69, 9.17) is 4.74 Å². The molecule has 1 fully saturated rings. The predicted molar refractivity (Wildman–Crippen MR) is 59.6 cm³/mol. The van der Waals surface area contributed by atoms with Crippen LogP contribution >= 0.6 is 0 Å². The third kappa shape index (κ3) is 5.58. The Morgan fingerprint density at radius 2 is 2.21 bits per heavy atom. The van der Waals surface area contributed by atoms with Crippen molar-refractivity contribution in [2.75, 3.05) is 26.2 Å². The van der Waals surface area contributed by atoms with Crippen LogP contribution in [-0.4, -0.2) is 38.4 Å². The zero-order valence-electron chi connectivity index (χ0n) is 9.51. The highest BCUT2D eigenvalue weighted by Crippen LogP contribution is 2.10. The minimum atomic E-state index is 0.480. The molecule has 14 heavy (non-hydrogen) atoms. The van der Waals surface area contributed by atoms with Crippen molar-refractivity contribution in [2.24, 2.45) is 0 Å². The highest BCUT2D eigenvalue weighted by Gasteiger charge is 2.13. The Morgan fingerprint density at radius 1 is 1.36 bits per heavy atom. The third-order valence-electron chi connectivity index (χ3n) is 2.48. The summed E-state index contributed by atoms with van der Waals surface area (Å²) in [6, 6.07) is 0.605. The van der Waals surface area contributed by atoms with Gasteiger partial charge in [-0.25, -0.2) is 0 Å². The number of hydrogen-bond acceptors (Lipinski definition) is 3. The van der Waals surface area contributed by atoms with Gasteiger partial charge in [0.2, 0.25) is 0 Å². The van der Waals surface area contributed by atoms with E-state index < -0.39 is 0 Å². The first-order chi connectivity index (χ1) is 6.79. The lowest BCUT2D eigenvalue weighted by atomic mass is 10.2. The van der Waals surface area contributed by atoms with Gasteiger partial charge in [-0.2, -0.15) is 0 Å². The van der Waals surface area contributed by atoms with Gasteiger partial charge in [-0.1, -0.05) is 13.8 Å². The molecule has 3 nitrogen and oxygen atoms in total. The van der Waals surface area contributed by atoms with E-state index in [1.807, 2.05) is 0 Å². The van der Waals surface area contributed by atoms with E-state index in [1.165, 1.54) is 19.3 Å². The van der Waals surface area contributed by atoms with Gasteiger partial charge in [0.05, 0.1) is 6.10 Å². The molecule has 0 saturated carbocycles. The van der Waals surface area contributed by atoms with E-state index in [1.54, 1.807) is 0 Å². The number of rotatable bonds is 7. The molecule has 1 atom stereocenters. The van der Waals surface area contributed by atoms with Crippen LogP contribution in [0, 0.1) is 0 Å². The molecule has 0 spiro atoms. The zero-order chi connectivity index (χ0) is 10.2. The fourth-order valence-electron chi connectivity index (χ4n) is 1.67. The van der Waals surface area contributed by atoms with Crippen molar-refractivity contribution in [3.05, 3.63) is 0 Å². The van der Waals surface area contributed by atoms with Crippen LogP contribution < -0.4 is 10.6 Å². The Labute approximate surface area is 87.6 Å². The highest BCUT2D eigenvalue weighted by molar-refractivity contribution is 4.67. The first-order valence-corrected chi connectivity index (χ1v) is 5.84. The summed E-state index contributed by atoms with van der Waals surface area (Å²) in [6.45, 7) is 8.55. The molecule has 0 aromatic heterocycles. The summed E-state index contributed by atoms with van der Waals surface area (Å²) in [5.74, 6) is 0. The molecule has 0 radical (unpaired) electrons. The third-order valence-corrected chi connectivity index (χ3v) is 2.48. The fourth-order valence-corrected chi connectivity index (χ4v) is 1.67. The van der Waals surface area contributed by atoms with Crippen molar-refractivity contribution in [3.63, 3.8) is 0 Å². The van der Waals surface area contributed by atoms with Crippen LogP contribution in [0.3, 0.4) is 0 Å². The molecule has 0 aromatic rings. The van der Waals surface area contributed by atoms with Gasteiger partial charge in [0.15, 0.2) is 0 Å². The molecule has 1 aliphatic rings. The molecule has 0 bridgehead atoms. The molecule has 1 rings (SSSR count). The first-order valence-electron chi connectivity index (χ1n) is 5.84. The second-order valence-corrected chi connectivity index (χ2v) is 4.30. The lowest BCUT2D eigenvalue weighted by molar-refractivity contribution is 0.110. The summed E-state index contributed by atoms with van der Waals surface area (Å²) >= 11 is 0. The maximum atomic E-state index is 5.52. The van der Waals surface area contributed by atoms with Gasteiger partial charge >= 0.3 is 0 Å². The average molecular weight is 200 g/mol. The molecule has 1 unspecified atom stereocenters. The maximum Gasteiger partial charge on any atom is 0.0700 e. The van der Waals surface area contributed by atoms with Crippen LogP contribution in [-0.2, 0) is 4.74 Å². The lowest BCUT2D eigenvalue weighted by Crippen LogP contribution is -2.30. The van der Waals surface area contributed by atoms with E-state index in [0.717, 1.165) is 26.2 Å². The Morgan fingerprint density at radius 3 is 2.86 bits per heavy atom. The summed E-state index contributed by atoms with van der Waals surface area (Å²) in [6.07, 6.45) is 4.15. The average Bonchev–Trinajstić information content (AvgIpc) is 2.63. The Hall–Kier alpha value is -0.120. The van der Waals surface area contributed by atoms with Gasteiger partial charge in [-0.3, -0.25) is 0 Å². The Kier molecular flexibility index (Phi) is 6.15. The molecule has 0 aliphatic carbocycles. The minimum absolute atomic E-state index is 0.480. The summed E-state index contributed by atoms with van der Waals surface area (Å²) < 4.78 is 5.52. The zero-order valence-corrected chi connectivity index (χ0v) is 9.51. The highest BCUT2D eigenvalue weighted by atomic mass is 16.5. The van der Waals surface area contributed by atoms with E-state index in [9.17, 15) is 0 Å². The predicted octanol–water partition coefficient (Wildman–Crippen LogP) is 1.14. The van der Waals surface area contributed by atoms with Crippen LogP contribution in [0.25, 0.3) is 0 Å². The molecule has 84 valence electrons. The largest absolute Gasteiger partial charge is 0.377 e. The fraction of sp³-hybridized carbons (Fsp3) is 1.00. The normalized spacial score (nSPS) is 22.1. The van der Waals surface area contributed by atoms with E-state index in [2.05, 4.69) is 24.5 Å². The van der Waals surface area contributed by atoms with Crippen molar-refractivity contribution in [1.29, 1.82) is 0 Å². The Bertz CT molecular complexity index is 133. The summed E-state index contributed by atoms with van der Waals surface area (Å²) in [5.41, 5.74) is 0. The quantitative estimate of drug-likeness (QED) is 0.605. The molecule has 3 heteroatoms. The monoisotopic (exact) mass is 200 g/mol. The van der Waals surface area contributed by atoms with Gasteiger partial charge < -0.3 is 15.4 Å². The smallest absolute Gasteiger partial charge is 0.0700 e. The van der Waals surface area contributed by atoms with E-state index in [-0.39, 0.29) is 0 Å². The lowest BCUT2D eigenvalue weighted by Gasteiger charge is -2.11. The first kappa shape index (κ1) is 12.0. The maximum absolute atomic E-state index is 5.52. The van der Waals surface area contributed by atoms with Gasteiger partial charge in [-0.05, 0) is 32.4 Å². The van der Waals surface area contributed by atoms with Gasteiger partial charge in [-0.15, -0.1) is 0 Å². The van der Waals surface area contributed by atoms with Crippen LogP contribution in [0.1, 0.15) is 33.1 Å². The molecule has 0 aromatic carbocycles. The summed E-state index contributed by atoms with van der Waals surface area (Å²) in [4.78, 5) is 0. The summed E-state index contributed by atoms with van der Waals surface area (Å²) in [7, 11) is 0. The van der Waals surface area contributed by atoms with Crippen LogP contribution in [0.2, 0.25) is 0 Å². The minimum Gasteiger partial charge on any atom is -0.377 e. The topological polar surface area (TPSA) is 33.3 Å². The van der Waals surface area contributed by atoms with Crippen molar-refractivity contribution < 1.29 is 4.74 Å². The van der Waals surface area contributed by atoms with Crippen molar-refractivity contribution in [3.8, 4) is 0 Å². The van der Waals surface area contributed by atoms with E-state index in [0.29, 0.717) is 12.1 Å². The second-order valence-electron chi connectivity index (χ2n) is 4.30. The molecule has 1 heterocycles. The number of nitrogens with one attached hydrogen (secondary N) is 2. The number of hydrogen-bond donors (Lipinski definition) is 2. The number of ether oxygens (including phenoxy) is 1. The van der Waals surface area contributed by atoms with Gasteiger partial charge in [0.25, 0.3) is 0 Å². The van der Waals surface area contributed by atoms with Crippen LogP contribution in [0.4, 0.5) is 0 Å². The van der Waals surface area contributed by atoms with Crippen molar-refractivity contribution in [1.82, 2.24) is 10.6 Å². The molecule has 2 N–H and O–H groups in total. The van der Waals surface area contributed by atoms with Gasteiger partial charge in [0.1, 0.15) is 0 Å². The van der Waals surface area contributed by atoms with E-state index >= 15 is 0 Å². The van der Waals surface area contributed by atoms with Gasteiger partial charge in [0, 0.05) is 19.2 Å². The SMILES string of the molecule is CC(C)NCCCNCC1CCCO1. The van der Waals surface area contributed by atoms with Crippen molar-refractivity contribution in [2.45, 2.75) is 45.3 Å². The molecule has 1 saturated heterocycles. The Balaban J connectivity index is 1.79. The standard InChI is InChI=1S/C11H24N2O/c1-10(2)13-7-4-6-12-9-11-5-3-8-14-11/h10-13H,3-9H2,1-2H3. The summed E-state index contributed by atoms with van der Waals surface area (Å²) in [5, 5.41) is 6.84. The van der Waals surface area contributed by atoms with Crippen LogP contribution in [0.5, 0.6) is 0 Å². The molecular formula is C11H24N2O. The van der Waals surface area contributed by atoms with Crippen molar-refractivity contribution >= 4 is 0 Å². The molecular weight excluding hydrogens is 176 g/mol. The van der Waals surface area contributed by atoms with Crippen LogP contribution in [0.15, 0.2) is 0 Å². The molecule has 0 amide bonds. The molecule has 1 aliphatic heterocycles.